The van der Waals surface area contributed by atoms with Gasteiger partial charge in [-0.3, -0.25) is 4.79 Å². The van der Waals surface area contributed by atoms with E-state index in [2.05, 4.69) is 17.8 Å². The van der Waals surface area contributed by atoms with Crippen LogP contribution in [0.1, 0.15) is 42.1 Å². The zero-order chi connectivity index (χ0) is 19.1. The SMILES string of the molecule is CCCN1C(=O)C2NNC(c3cc(C)ccc3O)C2C1c1cccc(O)c1. The second-order valence-corrected chi connectivity index (χ2v) is 7.46. The van der Waals surface area contributed by atoms with E-state index in [4.69, 9.17) is 0 Å². The topological polar surface area (TPSA) is 84.8 Å². The maximum atomic E-state index is 13.1. The predicted octanol–water partition coefficient (Wildman–Crippen LogP) is 2.53. The first kappa shape index (κ1) is 17.8. The Morgan fingerprint density at radius 1 is 1.07 bits per heavy atom. The lowest BCUT2D eigenvalue weighted by Gasteiger charge is -2.31. The molecule has 0 saturated carbocycles. The zero-order valence-electron chi connectivity index (χ0n) is 15.5. The van der Waals surface area contributed by atoms with Crippen LogP contribution >= 0.6 is 0 Å². The van der Waals surface area contributed by atoms with Crippen molar-refractivity contribution in [3.05, 3.63) is 59.2 Å². The molecule has 0 bridgehead atoms. The van der Waals surface area contributed by atoms with Gasteiger partial charge in [0.05, 0.1) is 12.1 Å². The average molecular weight is 367 g/mol. The molecule has 2 aliphatic rings. The third-order valence-electron chi connectivity index (χ3n) is 5.61. The summed E-state index contributed by atoms with van der Waals surface area (Å²) in [7, 11) is 0. The number of carbonyl (C=O) groups excluding carboxylic acids is 1. The number of aromatic hydroxyl groups is 2. The van der Waals surface area contributed by atoms with Crippen LogP contribution in [0.2, 0.25) is 0 Å². The number of hydrazine groups is 1. The molecule has 2 aromatic carbocycles. The van der Waals surface area contributed by atoms with Gasteiger partial charge in [0, 0.05) is 18.0 Å². The number of carbonyl (C=O) groups is 1. The second kappa shape index (κ2) is 6.87. The Kier molecular flexibility index (Phi) is 4.53. The summed E-state index contributed by atoms with van der Waals surface area (Å²) in [4.78, 5) is 15.0. The first-order chi connectivity index (χ1) is 13.0. The van der Waals surface area contributed by atoms with E-state index in [1.54, 1.807) is 18.2 Å². The van der Waals surface area contributed by atoms with Crippen LogP contribution in [0.3, 0.4) is 0 Å². The van der Waals surface area contributed by atoms with Gasteiger partial charge < -0.3 is 15.1 Å². The number of likely N-dealkylation sites (tertiary alicyclic amines) is 1. The van der Waals surface area contributed by atoms with Crippen molar-refractivity contribution >= 4 is 5.91 Å². The molecule has 6 nitrogen and oxygen atoms in total. The van der Waals surface area contributed by atoms with Gasteiger partial charge in [0.15, 0.2) is 0 Å². The number of phenols is 2. The minimum absolute atomic E-state index is 0.0531. The minimum Gasteiger partial charge on any atom is -0.508 e. The number of rotatable bonds is 4. The van der Waals surface area contributed by atoms with Crippen LogP contribution in [0.4, 0.5) is 0 Å². The highest BCUT2D eigenvalue weighted by molar-refractivity contribution is 5.86. The Morgan fingerprint density at radius 2 is 1.85 bits per heavy atom. The highest BCUT2D eigenvalue weighted by Gasteiger charge is 2.55. The van der Waals surface area contributed by atoms with E-state index in [0.29, 0.717) is 6.54 Å². The molecule has 0 radical (unpaired) electrons. The van der Waals surface area contributed by atoms with Crippen LogP contribution in [-0.4, -0.2) is 33.6 Å². The number of nitrogens with zero attached hydrogens (tertiary/aromatic N) is 1. The fourth-order valence-corrected chi connectivity index (χ4v) is 4.49. The number of aryl methyl sites for hydroxylation is 1. The van der Waals surface area contributed by atoms with Crippen molar-refractivity contribution in [2.24, 2.45) is 5.92 Å². The predicted molar refractivity (Wildman–Crippen MR) is 102 cm³/mol. The summed E-state index contributed by atoms with van der Waals surface area (Å²) in [6, 6.07) is 11.9. The van der Waals surface area contributed by atoms with E-state index in [-0.39, 0.29) is 41.4 Å². The maximum absolute atomic E-state index is 13.1. The summed E-state index contributed by atoms with van der Waals surface area (Å²) in [6.07, 6.45) is 0.855. The minimum atomic E-state index is -0.367. The van der Waals surface area contributed by atoms with Gasteiger partial charge in [-0.1, -0.05) is 36.8 Å². The molecule has 2 saturated heterocycles. The van der Waals surface area contributed by atoms with Gasteiger partial charge in [-0.2, -0.15) is 0 Å². The summed E-state index contributed by atoms with van der Waals surface area (Å²) >= 11 is 0. The summed E-state index contributed by atoms with van der Waals surface area (Å²) in [6.45, 7) is 4.69. The summed E-state index contributed by atoms with van der Waals surface area (Å²) in [5.41, 5.74) is 9.13. The van der Waals surface area contributed by atoms with Crippen molar-refractivity contribution in [2.75, 3.05) is 6.54 Å². The van der Waals surface area contributed by atoms with Gasteiger partial charge >= 0.3 is 0 Å². The standard InChI is InChI=1S/C21H25N3O3/c1-3-9-24-20(13-5-4-6-14(25)11-13)17-18(22-23-19(17)21(24)27)15-10-12(2)7-8-16(15)26/h4-8,10-11,17-20,22-23,25-26H,3,9H2,1-2H3. The van der Waals surface area contributed by atoms with E-state index >= 15 is 0 Å². The molecule has 4 unspecified atom stereocenters. The Bertz CT molecular complexity index is 870. The third-order valence-corrected chi connectivity index (χ3v) is 5.61. The van der Waals surface area contributed by atoms with Crippen molar-refractivity contribution in [3.63, 3.8) is 0 Å². The molecule has 4 N–H and O–H groups in total. The Labute approximate surface area is 158 Å². The van der Waals surface area contributed by atoms with Crippen LogP contribution in [0.25, 0.3) is 0 Å². The number of hydrogen-bond donors (Lipinski definition) is 4. The van der Waals surface area contributed by atoms with Crippen molar-refractivity contribution in [1.82, 2.24) is 15.8 Å². The highest BCUT2D eigenvalue weighted by atomic mass is 16.3. The van der Waals surface area contributed by atoms with E-state index in [1.807, 2.05) is 36.1 Å². The van der Waals surface area contributed by atoms with Gasteiger partial charge in [-0.15, -0.1) is 0 Å². The Balaban J connectivity index is 1.80. The van der Waals surface area contributed by atoms with Crippen molar-refractivity contribution in [2.45, 2.75) is 38.4 Å². The normalized spacial score (nSPS) is 27.2. The average Bonchev–Trinajstić information content (AvgIpc) is 3.17. The fraction of sp³-hybridized carbons (Fsp3) is 0.381. The molecule has 4 rings (SSSR count). The van der Waals surface area contributed by atoms with Gasteiger partial charge in [0.25, 0.3) is 0 Å². The van der Waals surface area contributed by atoms with Crippen molar-refractivity contribution in [3.8, 4) is 11.5 Å². The Morgan fingerprint density at radius 3 is 2.59 bits per heavy atom. The second-order valence-electron chi connectivity index (χ2n) is 7.46. The molecule has 0 spiro atoms. The molecule has 0 aliphatic carbocycles. The lowest BCUT2D eigenvalue weighted by molar-refractivity contribution is -0.130. The highest BCUT2D eigenvalue weighted by Crippen LogP contribution is 2.48. The largest absolute Gasteiger partial charge is 0.508 e. The van der Waals surface area contributed by atoms with Gasteiger partial charge in [0.2, 0.25) is 5.91 Å². The quantitative estimate of drug-likeness (QED) is 0.667. The molecule has 2 aliphatic heterocycles. The molecule has 142 valence electrons. The van der Waals surface area contributed by atoms with Gasteiger partial charge in [0.1, 0.15) is 17.5 Å². The van der Waals surface area contributed by atoms with Crippen LogP contribution in [0.15, 0.2) is 42.5 Å². The van der Waals surface area contributed by atoms with E-state index in [0.717, 1.165) is 23.1 Å². The smallest absolute Gasteiger partial charge is 0.242 e. The van der Waals surface area contributed by atoms with Gasteiger partial charge in [-0.25, -0.2) is 10.9 Å². The molecule has 2 fully saturated rings. The van der Waals surface area contributed by atoms with Crippen LogP contribution in [0.5, 0.6) is 11.5 Å². The number of nitrogens with one attached hydrogen (secondary N) is 2. The van der Waals surface area contributed by atoms with Crippen LogP contribution in [0, 0.1) is 12.8 Å². The lowest BCUT2D eigenvalue weighted by Crippen LogP contribution is -2.41. The van der Waals surface area contributed by atoms with E-state index in [1.165, 1.54) is 0 Å². The fourth-order valence-electron chi connectivity index (χ4n) is 4.49. The number of phenolic OH excluding ortho intramolecular Hbond substituents is 2. The number of fused-ring (bicyclic) bond motifs is 1. The number of amides is 1. The number of hydrogen-bond acceptors (Lipinski definition) is 5. The third kappa shape index (κ3) is 2.95. The Hall–Kier alpha value is -2.57. The molecule has 2 heterocycles. The van der Waals surface area contributed by atoms with E-state index in [9.17, 15) is 15.0 Å². The van der Waals surface area contributed by atoms with Gasteiger partial charge in [-0.05, 0) is 37.1 Å². The summed E-state index contributed by atoms with van der Waals surface area (Å²) in [5.74, 6) is 0.362. The zero-order valence-corrected chi connectivity index (χ0v) is 15.5. The molecule has 0 aromatic heterocycles. The monoisotopic (exact) mass is 367 g/mol. The van der Waals surface area contributed by atoms with Crippen LogP contribution in [-0.2, 0) is 4.79 Å². The molecule has 1 amide bonds. The molecule has 4 atom stereocenters. The molecular formula is C21H25N3O3. The van der Waals surface area contributed by atoms with Crippen LogP contribution < -0.4 is 10.9 Å². The maximum Gasteiger partial charge on any atom is 0.242 e. The number of benzene rings is 2. The van der Waals surface area contributed by atoms with E-state index < -0.39 is 0 Å². The molecule has 6 heteroatoms. The first-order valence-corrected chi connectivity index (χ1v) is 9.41. The lowest BCUT2D eigenvalue weighted by atomic mass is 9.82. The van der Waals surface area contributed by atoms with Crippen molar-refractivity contribution in [1.29, 1.82) is 0 Å². The first-order valence-electron chi connectivity index (χ1n) is 9.41. The molecule has 2 aromatic rings. The van der Waals surface area contributed by atoms with Crippen molar-refractivity contribution < 1.29 is 15.0 Å². The molecular weight excluding hydrogens is 342 g/mol. The summed E-state index contributed by atoms with van der Waals surface area (Å²) in [5, 5.41) is 20.4. The molecule has 27 heavy (non-hydrogen) atoms. The summed E-state index contributed by atoms with van der Waals surface area (Å²) < 4.78 is 0.